The van der Waals surface area contributed by atoms with Gasteiger partial charge in [-0.25, -0.2) is 0 Å². The lowest BCUT2D eigenvalue weighted by atomic mass is 10.1. The fourth-order valence-electron chi connectivity index (χ4n) is 3.13. The number of nitrogens with one attached hydrogen (secondary N) is 1. The van der Waals surface area contributed by atoms with Crippen molar-refractivity contribution < 1.29 is 17.5 Å². The number of non-ortho nitro benzene ring substituents is 1. The third-order valence-corrected chi connectivity index (χ3v) is 6.27. The molecular weight excluding hydrogens is 422 g/mol. The van der Waals surface area contributed by atoms with E-state index in [2.05, 4.69) is 5.32 Å². The van der Waals surface area contributed by atoms with E-state index < -0.39 is 15.0 Å². The van der Waals surface area contributed by atoms with E-state index >= 15 is 0 Å². The third kappa shape index (κ3) is 5.09. The maximum atomic E-state index is 12.3. The van der Waals surface area contributed by atoms with E-state index in [-0.39, 0.29) is 28.8 Å². The van der Waals surface area contributed by atoms with Crippen molar-refractivity contribution in [3.8, 4) is 0 Å². The highest BCUT2D eigenvalue weighted by molar-refractivity contribution is 7.86. The topological polar surface area (TPSA) is 121 Å². The zero-order valence-corrected chi connectivity index (χ0v) is 18.2. The van der Waals surface area contributed by atoms with Crippen LogP contribution >= 0.6 is 0 Å². The van der Waals surface area contributed by atoms with Gasteiger partial charge in [-0.2, -0.15) is 8.42 Å². The standard InChI is InChI=1S/C21H23N3O6S/c1-14-4-7-17(8-5-14)31(28,29)30-11-10-15(2)22-19-13-21(25)23(3)20-9-6-16(24(26)27)12-18(19)20/h4-9,12-13,15,22H,10-11H2,1-3H3. The summed E-state index contributed by atoms with van der Waals surface area (Å²) in [7, 11) is -2.27. The van der Waals surface area contributed by atoms with Crippen LogP contribution in [0.5, 0.6) is 0 Å². The van der Waals surface area contributed by atoms with Gasteiger partial charge in [-0.15, -0.1) is 0 Å². The molecule has 1 N–H and O–H groups in total. The van der Waals surface area contributed by atoms with Crippen LogP contribution in [0.2, 0.25) is 0 Å². The lowest BCUT2D eigenvalue weighted by Gasteiger charge is -2.18. The number of nitro benzene ring substituents is 1. The summed E-state index contributed by atoms with van der Waals surface area (Å²) in [4.78, 5) is 23.0. The van der Waals surface area contributed by atoms with Gasteiger partial charge in [0.05, 0.1) is 21.9 Å². The van der Waals surface area contributed by atoms with Gasteiger partial charge in [0.25, 0.3) is 21.4 Å². The molecule has 0 aliphatic rings. The van der Waals surface area contributed by atoms with Gasteiger partial charge >= 0.3 is 0 Å². The summed E-state index contributed by atoms with van der Waals surface area (Å²) in [5.41, 5.74) is 1.57. The zero-order valence-electron chi connectivity index (χ0n) is 17.4. The summed E-state index contributed by atoms with van der Waals surface area (Å²) in [6.07, 6.45) is 0.330. The molecule has 0 bridgehead atoms. The minimum Gasteiger partial charge on any atom is -0.382 e. The summed E-state index contributed by atoms with van der Waals surface area (Å²) >= 11 is 0. The zero-order chi connectivity index (χ0) is 22.8. The number of anilines is 1. The third-order valence-electron chi connectivity index (χ3n) is 4.94. The Morgan fingerprint density at radius 1 is 1.16 bits per heavy atom. The van der Waals surface area contributed by atoms with Crippen molar-refractivity contribution in [3.63, 3.8) is 0 Å². The van der Waals surface area contributed by atoms with Gasteiger partial charge in [-0.1, -0.05) is 17.7 Å². The van der Waals surface area contributed by atoms with Crippen molar-refractivity contribution in [1.82, 2.24) is 4.57 Å². The highest BCUT2D eigenvalue weighted by atomic mass is 32.2. The maximum absolute atomic E-state index is 12.3. The molecule has 1 heterocycles. The van der Waals surface area contributed by atoms with Crippen LogP contribution in [0.3, 0.4) is 0 Å². The molecule has 3 rings (SSSR count). The van der Waals surface area contributed by atoms with Crippen LogP contribution in [-0.4, -0.2) is 30.6 Å². The van der Waals surface area contributed by atoms with Gasteiger partial charge < -0.3 is 9.88 Å². The van der Waals surface area contributed by atoms with Crippen LogP contribution in [0.1, 0.15) is 18.9 Å². The Morgan fingerprint density at radius 2 is 1.84 bits per heavy atom. The molecule has 9 nitrogen and oxygen atoms in total. The Hall–Kier alpha value is -3.24. The first kappa shape index (κ1) is 22.4. The van der Waals surface area contributed by atoms with E-state index in [4.69, 9.17) is 4.18 Å². The maximum Gasteiger partial charge on any atom is 0.296 e. The molecule has 3 aromatic rings. The average molecular weight is 445 g/mol. The predicted octanol–water partition coefficient (Wildman–Crippen LogP) is 3.35. The lowest BCUT2D eigenvalue weighted by molar-refractivity contribution is -0.384. The van der Waals surface area contributed by atoms with Crippen LogP contribution in [0, 0.1) is 17.0 Å². The average Bonchev–Trinajstić information content (AvgIpc) is 2.71. The van der Waals surface area contributed by atoms with Crippen LogP contribution in [-0.2, 0) is 21.3 Å². The SMILES string of the molecule is Cc1ccc(S(=O)(=O)OCCC(C)Nc2cc(=O)n(C)c3ccc([N+](=O)[O-])cc23)cc1. The quantitative estimate of drug-likeness (QED) is 0.321. The van der Waals surface area contributed by atoms with Crippen molar-refractivity contribution in [2.45, 2.75) is 31.2 Å². The number of hydrogen-bond donors (Lipinski definition) is 1. The first-order valence-corrected chi connectivity index (χ1v) is 11.0. The van der Waals surface area contributed by atoms with Crippen LogP contribution in [0.15, 0.2) is 58.2 Å². The van der Waals surface area contributed by atoms with E-state index in [1.54, 1.807) is 19.2 Å². The van der Waals surface area contributed by atoms with E-state index in [1.165, 1.54) is 41.0 Å². The molecule has 164 valence electrons. The molecule has 0 saturated heterocycles. The fraction of sp³-hybridized carbons (Fsp3) is 0.286. The predicted molar refractivity (Wildman–Crippen MR) is 118 cm³/mol. The Bertz CT molecular complexity index is 1280. The molecular formula is C21H23N3O6S. The molecule has 0 spiro atoms. The van der Waals surface area contributed by atoms with Crippen molar-refractivity contribution in [3.05, 3.63) is 74.6 Å². The summed E-state index contributed by atoms with van der Waals surface area (Å²) < 4.78 is 31.1. The van der Waals surface area contributed by atoms with E-state index in [1.807, 2.05) is 13.8 Å². The second kappa shape index (κ2) is 8.86. The van der Waals surface area contributed by atoms with Gasteiger partial charge in [-0.05, 0) is 38.5 Å². The van der Waals surface area contributed by atoms with Crippen molar-refractivity contribution in [2.24, 2.45) is 7.05 Å². The second-order valence-electron chi connectivity index (χ2n) is 7.34. The highest BCUT2D eigenvalue weighted by Gasteiger charge is 2.17. The molecule has 1 aromatic heterocycles. The molecule has 0 amide bonds. The lowest BCUT2D eigenvalue weighted by Crippen LogP contribution is -2.22. The number of fused-ring (bicyclic) bond motifs is 1. The molecule has 1 atom stereocenters. The molecule has 0 radical (unpaired) electrons. The summed E-state index contributed by atoms with van der Waals surface area (Å²) in [5, 5.41) is 14.8. The van der Waals surface area contributed by atoms with Gasteiger partial charge in [0.2, 0.25) is 0 Å². The van der Waals surface area contributed by atoms with Crippen molar-refractivity contribution in [2.75, 3.05) is 11.9 Å². The van der Waals surface area contributed by atoms with Gasteiger partial charge in [0.15, 0.2) is 0 Å². The van der Waals surface area contributed by atoms with E-state index in [0.717, 1.165) is 5.56 Å². The fourth-order valence-corrected chi connectivity index (χ4v) is 4.05. The summed E-state index contributed by atoms with van der Waals surface area (Å²) in [6.45, 7) is 3.61. The minimum absolute atomic E-state index is 0.0622. The van der Waals surface area contributed by atoms with Crippen LogP contribution < -0.4 is 10.9 Å². The van der Waals surface area contributed by atoms with E-state index in [0.29, 0.717) is 23.0 Å². The number of rotatable bonds is 8. The molecule has 10 heteroatoms. The van der Waals surface area contributed by atoms with Gasteiger partial charge in [0.1, 0.15) is 0 Å². The number of benzene rings is 2. The highest BCUT2D eigenvalue weighted by Crippen LogP contribution is 2.26. The molecule has 0 aliphatic carbocycles. The summed E-state index contributed by atoms with van der Waals surface area (Å²) in [6, 6.07) is 11.8. The summed E-state index contributed by atoms with van der Waals surface area (Å²) in [5.74, 6) is 0. The monoisotopic (exact) mass is 445 g/mol. The Balaban J connectivity index is 1.74. The van der Waals surface area contributed by atoms with Crippen molar-refractivity contribution >= 4 is 32.4 Å². The van der Waals surface area contributed by atoms with Crippen molar-refractivity contribution in [1.29, 1.82) is 0 Å². The Labute approximate surface area is 179 Å². The smallest absolute Gasteiger partial charge is 0.296 e. The molecule has 0 saturated carbocycles. The number of nitrogens with zero attached hydrogens (tertiary/aromatic N) is 2. The van der Waals surface area contributed by atoms with E-state index in [9.17, 15) is 23.3 Å². The molecule has 0 fully saturated rings. The Kier molecular flexibility index (Phi) is 6.42. The minimum atomic E-state index is -3.86. The molecule has 0 aliphatic heterocycles. The van der Waals surface area contributed by atoms with Crippen LogP contribution in [0.4, 0.5) is 11.4 Å². The molecule has 2 aromatic carbocycles. The second-order valence-corrected chi connectivity index (χ2v) is 8.95. The largest absolute Gasteiger partial charge is 0.382 e. The molecule has 1 unspecified atom stereocenters. The number of pyridine rings is 1. The van der Waals surface area contributed by atoms with Crippen LogP contribution in [0.25, 0.3) is 10.9 Å². The van der Waals surface area contributed by atoms with Gasteiger partial charge in [0, 0.05) is 42.4 Å². The number of nitro groups is 1. The number of aromatic nitrogens is 1. The first-order chi connectivity index (χ1) is 14.6. The Morgan fingerprint density at radius 3 is 2.48 bits per heavy atom. The number of aryl methyl sites for hydroxylation is 2. The molecule has 31 heavy (non-hydrogen) atoms. The number of hydrogen-bond acceptors (Lipinski definition) is 7. The first-order valence-electron chi connectivity index (χ1n) is 9.59. The van der Waals surface area contributed by atoms with Gasteiger partial charge in [-0.3, -0.25) is 19.1 Å². The normalized spacial score (nSPS) is 12.6.